The van der Waals surface area contributed by atoms with Crippen molar-refractivity contribution in [1.29, 1.82) is 0 Å². The van der Waals surface area contributed by atoms with Crippen molar-refractivity contribution >= 4 is 21.8 Å². The molecule has 0 N–H and O–H groups in total. The van der Waals surface area contributed by atoms with Crippen LogP contribution in [0.25, 0.3) is 21.8 Å². The van der Waals surface area contributed by atoms with Gasteiger partial charge in [0.25, 0.3) is 11.1 Å². The third-order valence-corrected chi connectivity index (χ3v) is 5.14. The SMILES string of the molecule is C[C@H](Cn1ncnn1)n1cnc2cc3c(=O)n([C@H](C)Cn4cnnn4)nnc3cc2c1=O. The zero-order chi connectivity index (χ0) is 22.2. The van der Waals surface area contributed by atoms with Crippen LogP contribution in [0.5, 0.6) is 0 Å². The molecule has 15 nitrogen and oxygen atoms in total. The standard InChI is InChI=1S/C17H17N13O2/c1-10(6-29-21-7-19-24-29)28-8-18-14-3-13-15(4-12(14)16(28)31)22-25-30(17(13)32)11(2)5-27-9-20-23-26-27/h3-4,7-11H,5-6H2,1-2H3/t10-,11-/m1/s1. The Morgan fingerprint density at radius 2 is 1.69 bits per heavy atom. The van der Waals surface area contributed by atoms with E-state index >= 15 is 0 Å². The molecule has 0 aliphatic rings. The number of fused-ring (bicyclic) bond motifs is 2. The summed E-state index contributed by atoms with van der Waals surface area (Å²) in [7, 11) is 0. The minimum Gasteiger partial charge on any atom is -0.294 e. The fourth-order valence-corrected chi connectivity index (χ4v) is 3.50. The smallest absolute Gasteiger partial charge is 0.277 e. The first-order valence-electron chi connectivity index (χ1n) is 9.73. The van der Waals surface area contributed by atoms with Gasteiger partial charge in [0.2, 0.25) is 0 Å². The van der Waals surface area contributed by atoms with Crippen LogP contribution in [-0.4, -0.2) is 65.0 Å². The molecule has 0 saturated heterocycles. The van der Waals surface area contributed by atoms with E-state index < -0.39 is 0 Å². The molecule has 0 aliphatic heterocycles. The Morgan fingerprint density at radius 1 is 0.875 bits per heavy atom. The summed E-state index contributed by atoms with van der Waals surface area (Å²) in [6.45, 7) is 4.36. The lowest BCUT2D eigenvalue weighted by atomic mass is 10.1. The van der Waals surface area contributed by atoms with E-state index in [2.05, 4.69) is 46.2 Å². The molecule has 2 atom stereocenters. The minimum atomic E-state index is -0.342. The number of benzene rings is 1. The van der Waals surface area contributed by atoms with E-state index in [1.807, 2.05) is 13.8 Å². The zero-order valence-corrected chi connectivity index (χ0v) is 17.1. The number of aromatic nitrogens is 13. The summed E-state index contributed by atoms with van der Waals surface area (Å²) in [6.07, 6.45) is 4.24. The predicted molar refractivity (Wildman–Crippen MR) is 108 cm³/mol. The highest BCUT2D eigenvalue weighted by molar-refractivity contribution is 5.93. The normalized spacial score (nSPS) is 13.6. The summed E-state index contributed by atoms with van der Waals surface area (Å²) < 4.78 is 4.26. The molecule has 5 rings (SSSR count). The van der Waals surface area contributed by atoms with Crippen molar-refractivity contribution < 1.29 is 0 Å². The summed E-state index contributed by atoms with van der Waals surface area (Å²) in [5.41, 5.74) is 0.113. The van der Waals surface area contributed by atoms with E-state index in [1.165, 1.54) is 37.7 Å². The van der Waals surface area contributed by atoms with Gasteiger partial charge < -0.3 is 0 Å². The van der Waals surface area contributed by atoms with Gasteiger partial charge in [-0.3, -0.25) is 14.2 Å². The maximum absolute atomic E-state index is 13.1. The number of hydrogen-bond donors (Lipinski definition) is 0. The maximum atomic E-state index is 13.1. The molecular weight excluding hydrogens is 418 g/mol. The van der Waals surface area contributed by atoms with Crippen LogP contribution in [0.4, 0.5) is 0 Å². The Bertz CT molecular complexity index is 1390. The second-order valence-corrected chi connectivity index (χ2v) is 7.40. The Balaban J connectivity index is 1.54. The van der Waals surface area contributed by atoms with Gasteiger partial charge in [-0.05, 0) is 41.6 Å². The quantitative estimate of drug-likeness (QED) is 0.300. The second-order valence-electron chi connectivity index (χ2n) is 7.40. The molecule has 0 aliphatic carbocycles. The largest absolute Gasteiger partial charge is 0.294 e. The first-order chi connectivity index (χ1) is 15.5. The lowest BCUT2D eigenvalue weighted by Crippen LogP contribution is -2.30. The van der Waals surface area contributed by atoms with Crippen molar-refractivity contribution in [1.82, 2.24) is 65.0 Å². The van der Waals surface area contributed by atoms with Gasteiger partial charge in [0.15, 0.2) is 6.33 Å². The van der Waals surface area contributed by atoms with Crippen LogP contribution in [-0.2, 0) is 13.1 Å². The Labute approximate surface area is 178 Å². The molecule has 0 spiro atoms. The molecule has 4 aromatic heterocycles. The van der Waals surface area contributed by atoms with Crippen molar-refractivity contribution in [2.45, 2.75) is 39.0 Å². The monoisotopic (exact) mass is 435 g/mol. The first-order valence-corrected chi connectivity index (χ1v) is 9.73. The molecule has 0 fully saturated rings. The van der Waals surface area contributed by atoms with Crippen molar-refractivity contribution in [3.05, 3.63) is 51.8 Å². The molecule has 0 radical (unpaired) electrons. The highest BCUT2D eigenvalue weighted by atomic mass is 16.1. The highest BCUT2D eigenvalue weighted by Gasteiger charge is 2.17. The van der Waals surface area contributed by atoms with E-state index in [-0.39, 0.29) is 23.2 Å². The third kappa shape index (κ3) is 3.38. The van der Waals surface area contributed by atoms with E-state index in [0.29, 0.717) is 34.9 Å². The van der Waals surface area contributed by atoms with E-state index in [0.717, 1.165) is 0 Å². The Kier molecular flexibility index (Phi) is 4.68. The van der Waals surface area contributed by atoms with Crippen LogP contribution in [0.2, 0.25) is 0 Å². The second kappa shape index (κ2) is 7.68. The molecule has 0 unspecified atom stereocenters. The number of rotatable bonds is 6. The van der Waals surface area contributed by atoms with Crippen molar-refractivity contribution in [2.75, 3.05) is 0 Å². The highest BCUT2D eigenvalue weighted by Crippen LogP contribution is 2.16. The van der Waals surface area contributed by atoms with Crippen LogP contribution in [0, 0.1) is 0 Å². The molecule has 0 saturated carbocycles. The van der Waals surface area contributed by atoms with Crippen molar-refractivity contribution in [2.24, 2.45) is 0 Å². The molecule has 32 heavy (non-hydrogen) atoms. The van der Waals surface area contributed by atoms with Crippen molar-refractivity contribution in [3.63, 3.8) is 0 Å². The molecule has 0 bridgehead atoms. The van der Waals surface area contributed by atoms with E-state index in [1.54, 1.807) is 12.1 Å². The van der Waals surface area contributed by atoms with Crippen LogP contribution < -0.4 is 11.1 Å². The number of tetrazole rings is 2. The average Bonchev–Trinajstić information content (AvgIpc) is 3.48. The van der Waals surface area contributed by atoms with E-state index in [4.69, 9.17) is 0 Å². The predicted octanol–water partition coefficient (Wildman–Crippen LogP) is -1.00. The van der Waals surface area contributed by atoms with Crippen LogP contribution in [0.3, 0.4) is 0 Å². The fraction of sp³-hybridized carbons (Fsp3) is 0.353. The average molecular weight is 435 g/mol. The minimum absolute atomic E-state index is 0.262. The maximum Gasteiger partial charge on any atom is 0.277 e. The van der Waals surface area contributed by atoms with Crippen LogP contribution >= 0.6 is 0 Å². The van der Waals surface area contributed by atoms with E-state index in [9.17, 15) is 9.59 Å². The molecule has 1 aromatic carbocycles. The molecule has 5 aromatic rings. The van der Waals surface area contributed by atoms with Crippen LogP contribution in [0.15, 0.2) is 40.7 Å². The van der Waals surface area contributed by atoms with Gasteiger partial charge in [-0.15, -0.1) is 20.4 Å². The summed E-state index contributed by atoms with van der Waals surface area (Å²) in [6, 6.07) is 2.50. The Hall–Kier alpha value is -4.43. The van der Waals surface area contributed by atoms with Gasteiger partial charge in [-0.1, -0.05) is 5.21 Å². The van der Waals surface area contributed by atoms with Gasteiger partial charge in [0.1, 0.15) is 11.8 Å². The molecule has 4 heterocycles. The van der Waals surface area contributed by atoms with Gasteiger partial charge >= 0.3 is 0 Å². The van der Waals surface area contributed by atoms with Gasteiger partial charge in [-0.2, -0.15) is 4.80 Å². The third-order valence-electron chi connectivity index (χ3n) is 5.14. The summed E-state index contributed by atoms with van der Waals surface area (Å²) in [5, 5.41) is 31.3. The molecule has 0 amide bonds. The fourth-order valence-electron chi connectivity index (χ4n) is 3.50. The lowest BCUT2D eigenvalue weighted by Gasteiger charge is -2.15. The zero-order valence-electron chi connectivity index (χ0n) is 17.1. The molecule has 162 valence electrons. The summed E-state index contributed by atoms with van der Waals surface area (Å²) in [4.78, 5) is 31.9. The van der Waals surface area contributed by atoms with Gasteiger partial charge in [0.05, 0.1) is 47.8 Å². The first kappa shape index (κ1) is 19.5. The van der Waals surface area contributed by atoms with Gasteiger partial charge in [0, 0.05) is 0 Å². The number of hydrogen-bond acceptors (Lipinski definition) is 11. The molecule has 15 heteroatoms. The van der Waals surface area contributed by atoms with Crippen molar-refractivity contribution in [3.8, 4) is 0 Å². The Morgan fingerprint density at radius 3 is 2.44 bits per heavy atom. The topological polar surface area (TPSA) is 170 Å². The summed E-state index contributed by atoms with van der Waals surface area (Å²) >= 11 is 0. The lowest BCUT2D eigenvalue weighted by molar-refractivity contribution is 0.375. The van der Waals surface area contributed by atoms with Crippen LogP contribution in [0.1, 0.15) is 25.9 Å². The van der Waals surface area contributed by atoms with Gasteiger partial charge in [-0.25, -0.2) is 14.3 Å². The summed E-state index contributed by atoms with van der Waals surface area (Å²) in [5.74, 6) is 0. The molecular formula is C17H17N13O2. The number of nitrogens with zero attached hydrogens (tertiary/aromatic N) is 13.